The first-order valence-corrected chi connectivity index (χ1v) is 6.39. The number of carbonyl (C=O) groups is 2. The molecule has 6 heteroatoms. The molecule has 5 nitrogen and oxygen atoms in total. The van der Waals surface area contributed by atoms with Crippen LogP contribution in [0.1, 0.15) is 13.3 Å². The number of hydrogen-bond acceptors (Lipinski definition) is 3. The standard InChI is InChI=1S/C14H16FNO4/c1-9-12(14(18)19)5-6-16(9)13(17)8-20-11-4-2-3-10(15)7-11/h2-4,7,9,12H,5-6,8H2,1H3,(H,18,19). The zero-order valence-electron chi connectivity index (χ0n) is 11.1. The van der Waals surface area contributed by atoms with E-state index in [-0.39, 0.29) is 24.3 Å². The van der Waals surface area contributed by atoms with Gasteiger partial charge in [-0.05, 0) is 25.5 Å². The van der Waals surface area contributed by atoms with Crippen molar-refractivity contribution in [2.75, 3.05) is 13.2 Å². The Bertz CT molecular complexity index is 520. The van der Waals surface area contributed by atoms with Gasteiger partial charge in [0.25, 0.3) is 5.91 Å². The summed E-state index contributed by atoms with van der Waals surface area (Å²) in [6.07, 6.45) is 0.447. The van der Waals surface area contributed by atoms with E-state index < -0.39 is 17.7 Å². The lowest BCUT2D eigenvalue weighted by Gasteiger charge is -2.23. The Balaban J connectivity index is 1.91. The largest absolute Gasteiger partial charge is 0.484 e. The first-order chi connectivity index (χ1) is 9.49. The van der Waals surface area contributed by atoms with E-state index in [4.69, 9.17) is 9.84 Å². The third-order valence-corrected chi connectivity index (χ3v) is 3.55. The van der Waals surface area contributed by atoms with E-state index in [1.165, 1.54) is 23.1 Å². The Morgan fingerprint density at radius 2 is 2.25 bits per heavy atom. The Hall–Kier alpha value is -2.11. The Kier molecular flexibility index (Phi) is 4.22. The summed E-state index contributed by atoms with van der Waals surface area (Å²) in [7, 11) is 0. The van der Waals surface area contributed by atoms with Gasteiger partial charge in [-0.15, -0.1) is 0 Å². The number of hydrogen-bond donors (Lipinski definition) is 1. The van der Waals surface area contributed by atoms with Crippen LogP contribution < -0.4 is 4.74 Å². The van der Waals surface area contributed by atoms with Crippen LogP contribution in [0, 0.1) is 11.7 Å². The van der Waals surface area contributed by atoms with Gasteiger partial charge < -0.3 is 14.7 Å². The van der Waals surface area contributed by atoms with Crippen molar-refractivity contribution in [2.45, 2.75) is 19.4 Å². The molecule has 0 aromatic heterocycles. The average molecular weight is 281 g/mol. The van der Waals surface area contributed by atoms with Gasteiger partial charge in [0.15, 0.2) is 6.61 Å². The van der Waals surface area contributed by atoms with E-state index >= 15 is 0 Å². The van der Waals surface area contributed by atoms with Crippen molar-refractivity contribution in [3.63, 3.8) is 0 Å². The molecule has 1 amide bonds. The van der Waals surface area contributed by atoms with Crippen LogP contribution in [0.5, 0.6) is 5.75 Å². The third-order valence-electron chi connectivity index (χ3n) is 3.55. The summed E-state index contributed by atoms with van der Waals surface area (Å²) in [6.45, 7) is 1.90. The molecular formula is C14H16FNO4. The molecule has 1 aromatic rings. The second kappa shape index (κ2) is 5.90. The molecule has 108 valence electrons. The van der Waals surface area contributed by atoms with E-state index in [0.29, 0.717) is 13.0 Å². The van der Waals surface area contributed by atoms with Gasteiger partial charge >= 0.3 is 5.97 Å². The van der Waals surface area contributed by atoms with Gasteiger partial charge in [-0.1, -0.05) is 6.07 Å². The number of nitrogens with zero attached hydrogens (tertiary/aromatic N) is 1. The molecule has 0 bridgehead atoms. The second-order valence-electron chi connectivity index (χ2n) is 4.81. The maximum atomic E-state index is 13.0. The third kappa shape index (κ3) is 3.07. The quantitative estimate of drug-likeness (QED) is 0.908. The molecule has 2 rings (SSSR count). The molecule has 1 heterocycles. The van der Waals surface area contributed by atoms with Crippen LogP contribution in [0.4, 0.5) is 4.39 Å². The summed E-state index contributed by atoms with van der Waals surface area (Å²) in [6, 6.07) is 5.18. The molecule has 0 aliphatic carbocycles. The molecule has 1 aliphatic rings. The summed E-state index contributed by atoms with van der Waals surface area (Å²) in [5.41, 5.74) is 0. The normalized spacial score (nSPS) is 21.8. The summed E-state index contributed by atoms with van der Waals surface area (Å²) in [4.78, 5) is 24.5. The minimum absolute atomic E-state index is 0.222. The topological polar surface area (TPSA) is 66.8 Å². The van der Waals surface area contributed by atoms with Crippen LogP contribution in [-0.4, -0.2) is 41.1 Å². The zero-order valence-corrected chi connectivity index (χ0v) is 11.1. The minimum atomic E-state index is -0.890. The van der Waals surface area contributed by atoms with Gasteiger partial charge in [0.2, 0.25) is 0 Å². The van der Waals surface area contributed by atoms with Gasteiger partial charge in [-0.25, -0.2) is 4.39 Å². The Morgan fingerprint density at radius 3 is 2.85 bits per heavy atom. The highest BCUT2D eigenvalue weighted by Gasteiger charge is 2.38. The van der Waals surface area contributed by atoms with Crippen LogP contribution in [0.25, 0.3) is 0 Å². The highest BCUT2D eigenvalue weighted by molar-refractivity contribution is 5.80. The lowest BCUT2D eigenvalue weighted by atomic mass is 10.0. The predicted octanol–water partition coefficient (Wildman–Crippen LogP) is 1.53. The van der Waals surface area contributed by atoms with Gasteiger partial charge in [0, 0.05) is 18.7 Å². The average Bonchev–Trinajstić information content (AvgIpc) is 2.78. The smallest absolute Gasteiger partial charge is 0.308 e. The number of amides is 1. The molecule has 0 radical (unpaired) electrons. The highest BCUT2D eigenvalue weighted by Crippen LogP contribution is 2.24. The SMILES string of the molecule is CC1C(C(=O)O)CCN1C(=O)COc1cccc(F)c1. The number of ether oxygens (including phenoxy) is 1. The lowest BCUT2D eigenvalue weighted by molar-refractivity contribution is -0.143. The van der Waals surface area contributed by atoms with Crippen molar-refractivity contribution in [1.29, 1.82) is 0 Å². The van der Waals surface area contributed by atoms with Crippen molar-refractivity contribution >= 4 is 11.9 Å². The van der Waals surface area contributed by atoms with Crippen LogP contribution in [0.3, 0.4) is 0 Å². The molecule has 0 spiro atoms. The fraction of sp³-hybridized carbons (Fsp3) is 0.429. The molecule has 1 saturated heterocycles. The van der Waals surface area contributed by atoms with Crippen LogP contribution in [-0.2, 0) is 9.59 Å². The molecule has 1 aliphatic heterocycles. The van der Waals surface area contributed by atoms with Gasteiger partial charge in [-0.3, -0.25) is 9.59 Å². The van der Waals surface area contributed by atoms with E-state index in [1.807, 2.05) is 0 Å². The number of carbonyl (C=O) groups excluding carboxylic acids is 1. The summed E-state index contributed by atoms with van der Waals surface area (Å²) in [5.74, 6) is -1.87. The monoisotopic (exact) mass is 281 g/mol. The summed E-state index contributed by atoms with van der Waals surface area (Å²) < 4.78 is 18.2. The number of carboxylic acids is 1. The van der Waals surface area contributed by atoms with Gasteiger partial charge in [0.05, 0.1) is 5.92 Å². The number of halogens is 1. The molecule has 1 N–H and O–H groups in total. The number of benzene rings is 1. The number of aliphatic carboxylic acids is 1. The molecule has 2 unspecified atom stereocenters. The maximum Gasteiger partial charge on any atom is 0.308 e. The number of likely N-dealkylation sites (tertiary alicyclic amines) is 1. The highest BCUT2D eigenvalue weighted by atomic mass is 19.1. The van der Waals surface area contributed by atoms with Crippen molar-refractivity contribution < 1.29 is 23.8 Å². The second-order valence-corrected chi connectivity index (χ2v) is 4.81. The Labute approximate surface area is 116 Å². The molecular weight excluding hydrogens is 265 g/mol. The van der Waals surface area contributed by atoms with E-state index in [9.17, 15) is 14.0 Å². The fourth-order valence-electron chi connectivity index (χ4n) is 2.41. The minimum Gasteiger partial charge on any atom is -0.484 e. The lowest BCUT2D eigenvalue weighted by Crippen LogP contribution is -2.40. The summed E-state index contributed by atoms with van der Waals surface area (Å²) in [5, 5.41) is 9.01. The zero-order chi connectivity index (χ0) is 14.7. The number of rotatable bonds is 4. The van der Waals surface area contributed by atoms with Crippen LogP contribution in [0.2, 0.25) is 0 Å². The predicted molar refractivity (Wildman–Crippen MR) is 68.8 cm³/mol. The van der Waals surface area contributed by atoms with Gasteiger partial charge in [0.1, 0.15) is 11.6 Å². The molecule has 1 fully saturated rings. The van der Waals surface area contributed by atoms with Crippen molar-refractivity contribution in [2.24, 2.45) is 5.92 Å². The first kappa shape index (κ1) is 14.3. The van der Waals surface area contributed by atoms with E-state index in [2.05, 4.69) is 0 Å². The fourth-order valence-corrected chi connectivity index (χ4v) is 2.41. The van der Waals surface area contributed by atoms with Gasteiger partial charge in [-0.2, -0.15) is 0 Å². The first-order valence-electron chi connectivity index (χ1n) is 6.39. The van der Waals surface area contributed by atoms with E-state index in [1.54, 1.807) is 13.0 Å². The van der Waals surface area contributed by atoms with E-state index in [0.717, 1.165) is 0 Å². The number of carboxylic acid groups (broad SMARTS) is 1. The molecule has 0 saturated carbocycles. The molecule has 2 atom stereocenters. The van der Waals surface area contributed by atoms with Crippen molar-refractivity contribution in [1.82, 2.24) is 4.90 Å². The maximum absolute atomic E-state index is 13.0. The molecule has 1 aromatic carbocycles. The molecule has 20 heavy (non-hydrogen) atoms. The summed E-state index contributed by atoms with van der Waals surface area (Å²) >= 11 is 0. The Morgan fingerprint density at radius 1 is 1.50 bits per heavy atom. The van der Waals surface area contributed by atoms with Crippen molar-refractivity contribution in [3.8, 4) is 5.75 Å². The van der Waals surface area contributed by atoms with Crippen LogP contribution in [0.15, 0.2) is 24.3 Å². The van der Waals surface area contributed by atoms with Crippen LogP contribution >= 0.6 is 0 Å². The van der Waals surface area contributed by atoms with Crippen molar-refractivity contribution in [3.05, 3.63) is 30.1 Å².